The Morgan fingerprint density at radius 1 is 1.09 bits per heavy atom. The molecule has 1 aliphatic heterocycles. The van der Waals surface area contributed by atoms with Crippen molar-refractivity contribution in [3.05, 3.63) is 58.6 Å². The largest absolute Gasteiger partial charge is 0.484 e. The van der Waals surface area contributed by atoms with Gasteiger partial charge in [0.1, 0.15) is 5.75 Å². The van der Waals surface area contributed by atoms with Crippen LogP contribution >= 0.6 is 11.6 Å². The Bertz CT molecular complexity index is 1520. The average molecular weight is 641 g/mol. The van der Waals surface area contributed by atoms with Crippen molar-refractivity contribution < 1.29 is 41.0 Å². The van der Waals surface area contributed by atoms with Crippen LogP contribution in [0, 0.1) is 23.7 Å². The molecule has 5 aliphatic rings. The molecule has 4 aliphatic carbocycles. The molecule has 8 nitrogen and oxygen atoms in total. The molecule has 5 fully saturated rings. The van der Waals surface area contributed by atoms with Crippen LogP contribution in [0.15, 0.2) is 47.4 Å². The van der Waals surface area contributed by atoms with E-state index in [1.165, 1.54) is 6.07 Å². The molecular weight excluding hydrogens is 609 g/mol. The molecule has 13 heteroatoms. The summed E-state index contributed by atoms with van der Waals surface area (Å²) in [5.74, 6) is 0.413. The van der Waals surface area contributed by atoms with Gasteiger partial charge in [0.2, 0.25) is 5.91 Å². The number of hydrogen-bond acceptors (Lipinski definition) is 6. The number of amides is 2. The minimum absolute atomic E-state index is 0.131. The molecule has 0 aromatic heterocycles. The Balaban J connectivity index is 1.02. The lowest BCUT2D eigenvalue weighted by Crippen LogP contribution is -2.62. The summed E-state index contributed by atoms with van der Waals surface area (Å²) >= 11 is 6.49. The van der Waals surface area contributed by atoms with Gasteiger partial charge in [-0.15, -0.1) is 0 Å². The molecule has 2 aromatic rings. The van der Waals surface area contributed by atoms with E-state index >= 15 is 0 Å². The van der Waals surface area contributed by atoms with Crippen LogP contribution in [0.4, 0.5) is 13.2 Å². The SMILES string of the molecule is O=C(COc1ccc(CC2CCN(C3C4CC5CC3CC(O)(C5)C4)C2=O)c(Cl)c1)NS(=O)(=O)c1ccc(C(F)(F)F)cc1. The first-order chi connectivity index (χ1) is 20.2. The van der Waals surface area contributed by atoms with Gasteiger partial charge in [-0.3, -0.25) is 9.59 Å². The molecule has 43 heavy (non-hydrogen) atoms. The predicted molar refractivity (Wildman–Crippen MR) is 150 cm³/mol. The van der Waals surface area contributed by atoms with Gasteiger partial charge in [-0.25, -0.2) is 13.1 Å². The molecule has 2 N–H and O–H groups in total. The number of alkyl halides is 3. The summed E-state index contributed by atoms with van der Waals surface area (Å²) in [5.41, 5.74) is -0.810. The van der Waals surface area contributed by atoms with Crippen LogP contribution in [0.25, 0.3) is 0 Å². The first kappa shape index (κ1) is 30.2. The van der Waals surface area contributed by atoms with Crippen molar-refractivity contribution in [1.29, 1.82) is 0 Å². The van der Waals surface area contributed by atoms with Crippen LogP contribution in [0.1, 0.15) is 49.7 Å². The molecule has 1 saturated heterocycles. The van der Waals surface area contributed by atoms with E-state index in [0.717, 1.165) is 56.2 Å². The first-order valence-electron chi connectivity index (χ1n) is 14.4. The van der Waals surface area contributed by atoms with E-state index in [0.29, 0.717) is 47.9 Å². The van der Waals surface area contributed by atoms with Gasteiger partial charge in [-0.2, -0.15) is 13.2 Å². The monoisotopic (exact) mass is 640 g/mol. The third kappa shape index (κ3) is 6.10. The summed E-state index contributed by atoms with van der Waals surface area (Å²) in [5, 5.41) is 11.3. The number of likely N-dealkylation sites (tertiary alicyclic amines) is 1. The molecule has 3 atom stereocenters. The Labute approximate surface area is 252 Å². The lowest BCUT2D eigenvalue weighted by Gasteiger charge is -2.59. The maximum atomic E-state index is 13.5. The number of sulfonamides is 1. The number of carbonyl (C=O) groups is 2. The maximum Gasteiger partial charge on any atom is 0.416 e. The van der Waals surface area contributed by atoms with Crippen LogP contribution in [-0.2, 0) is 32.2 Å². The van der Waals surface area contributed by atoms with Gasteiger partial charge in [0.05, 0.1) is 16.1 Å². The van der Waals surface area contributed by atoms with Crippen LogP contribution in [0.5, 0.6) is 5.75 Å². The fourth-order valence-corrected chi connectivity index (χ4v) is 9.19. The second-order valence-corrected chi connectivity index (χ2v) is 14.6. The minimum Gasteiger partial charge on any atom is -0.484 e. The Hall–Kier alpha value is -2.83. The van der Waals surface area contributed by atoms with Gasteiger partial charge in [0.15, 0.2) is 6.61 Å². The van der Waals surface area contributed by atoms with Crippen LogP contribution < -0.4 is 9.46 Å². The molecule has 3 unspecified atom stereocenters. The number of aliphatic hydroxyl groups is 1. The zero-order valence-electron chi connectivity index (χ0n) is 23.1. The quantitative estimate of drug-likeness (QED) is 0.437. The van der Waals surface area contributed by atoms with Gasteiger partial charge < -0.3 is 14.7 Å². The number of rotatable bonds is 8. The molecule has 4 saturated carbocycles. The fourth-order valence-electron chi connectivity index (χ4n) is 7.97. The number of carbonyl (C=O) groups excluding carboxylic acids is 2. The third-order valence-corrected chi connectivity index (χ3v) is 11.2. The number of benzene rings is 2. The molecule has 0 radical (unpaired) electrons. The second-order valence-electron chi connectivity index (χ2n) is 12.5. The van der Waals surface area contributed by atoms with Crippen molar-refractivity contribution >= 4 is 33.4 Å². The van der Waals surface area contributed by atoms with Gasteiger partial charge in [0.25, 0.3) is 15.9 Å². The van der Waals surface area contributed by atoms with Crippen LogP contribution in [0.2, 0.25) is 5.02 Å². The maximum absolute atomic E-state index is 13.5. The summed E-state index contributed by atoms with van der Waals surface area (Å²) < 4.78 is 70.1. The Morgan fingerprint density at radius 3 is 2.37 bits per heavy atom. The Kier molecular flexibility index (Phi) is 7.70. The fraction of sp³-hybridized carbons (Fsp3) is 0.533. The summed E-state index contributed by atoms with van der Waals surface area (Å²) in [6.07, 6.45) is 1.20. The lowest BCUT2D eigenvalue weighted by molar-refractivity contribution is -0.168. The van der Waals surface area contributed by atoms with Gasteiger partial charge in [-0.05, 0) is 105 Å². The van der Waals surface area contributed by atoms with Gasteiger partial charge in [-0.1, -0.05) is 17.7 Å². The standard InChI is InChI=1S/C30H32ClF3N2O6S/c31-25-12-23(42-16-26(37)35-43(40,41)24-5-2-22(3-6-24)30(32,33)34)4-1-18(25)11-19-7-8-36(28(19)38)27-20-9-17-10-21(27)15-29(39,13-17)14-20/h1-6,12,17,19-21,27,39H,7-11,13-16H2,(H,35,37). The highest BCUT2D eigenvalue weighted by atomic mass is 35.5. The first-order valence-corrected chi connectivity index (χ1v) is 16.2. The molecule has 4 bridgehead atoms. The van der Waals surface area contributed by atoms with Crippen molar-refractivity contribution in [1.82, 2.24) is 9.62 Å². The number of halogens is 4. The molecule has 1 heterocycles. The number of ether oxygens (including phenoxy) is 1. The summed E-state index contributed by atoms with van der Waals surface area (Å²) in [6, 6.07) is 7.74. The number of nitrogens with zero attached hydrogens (tertiary/aromatic N) is 1. The van der Waals surface area contributed by atoms with Crippen molar-refractivity contribution in [3.63, 3.8) is 0 Å². The van der Waals surface area contributed by atoms with E-state index < -0.39 is 44.8 Å². The number of hydrogen-bond donors (Lipinski definition) is 2. The van der Waals surface area contributed by atoms with E-state index in [-0.39, 0.29) is 23.6 Å². The molecule has 2 amide bonds. The van der Waals surface area contributed by atoms with Crippen molar-refractivity contribution in [3.8, 4) is 5.75 Å². The highest BCUT2D eigenvalue weighted by Gasteiger charge is 2.57. The van der Waals surface area contributed by atoms with E-state index in [1.807, 2.05) is 0 Å². The van der Waals surface area contributed by atoms with Crippen LogP contribution in [0.3, 0.4) is 0 Å². The average Bonchev–Trinajstić information content (AvgIpc) is 3.26. The van der Waals surface area contributed by atoms with E-state index in [1.54, 1.807) is 16.9 Å². The highest BCUT2D eigenvalue weighted by Crippen LogP contribution is 2.57. The van der Waals surface area contributed by atoms with Crippen molar-refractivity contribution in [2.24, 2.45) is 23.7 Å². The normalized spacial score (nSPS) is 30.1. The Morgan fingerprint density at radius 2 is 1.77 bits per heavy atom. The zero-order chi connectivity index (χ0) is 30.7. The summed E-state index contributed by atoms with van der Waals surface area (Å²) in [4.78, 5) is 27.3. The topological polar surface area (TPSA) is 113 Å². The number of nitrogens with one attached hydrogen (secondary N) is 1. The molecule has 2 aromatic carbocycles. The third-order valence-electron chi connectivity index (χ3n) is 9.50. The smallest absolute Gasteiger partial charge is 0.416 e. The van der Waals surface area contributed by atoms with E-state index in [4.69, 9.17) is 16.3 Å². The minimum atomic E-state index is -4.62. The molecule has 0 spiro atoms. The van der Waals surface area contributed by atoms with Crippen LogP contribution in [-0.4, -0.2) is 55.0 Å². The van der Waals surface area contributed by atoms with E-state index in [9.17, 15) is 36.3 Å². The molecule has 232 valence electrons. The van der Waals surface area contributed by atoms with Gasteiger partial charge >= 0.3 is 6.18 Å². The predicted octanol–water partition coefficient (Wildman–Crippen LogP) is 4.57. The van der Waals surface area contributed by atoms with Crippen molar-refractivity contribution in [2.45, 2.75) is 67.7 Å². The van der Waals surface area contributed by atoms with Crippen molar-refractivity contribution in [2.75, 3.05) is 13.2 Å². The summed E-state index contributed by atoms with van der Waals surface area (Å²) in [7, 11) is -4.40. The second kappa shape index (κ2) is 11.0. The van der Waals surface area contributed by atoms with E-state index in [2.05, 4.69) is 4.90 Å². The highest BCUT2D eigenvalue weighted by molar-refractivity contribution is 7.90. The zero-order valence-corrected chi connectivity index (χ0v) is 24.7. The summed E-state index contributed by atoms with van der Waals surface area (Å²) in [6.45, 7) is 0.0267. The molecule has 7 rings (SSSR count). The molecular formula is C30H32ClF3N2O6S. The van der Waals surface area contributed by atoms with Gasteiger partial charge in [0, 0.05) is 23.5 Å². The lowest BCUT2D eigenvalue weighted by atomic mass is 9.52.